The van der Waals surface area contributed by atoms with Gasteiger partial charge in [-0.15, -0.1) is 0 Å². The molecule has 4 nitrogen and oxygen atoms in total. The van der Waals surface area contributed by atoms with Crippen molar-refractivity contribution in [3.63, 3.8) is 0 Å². The lowest BCUT2D eigenvalue weighted by Crippen LogP contribution is -2.20. The number of rotatable bonds is 6. The standard InChI is InChI=1S/C17H23BrN4/c1-5-6-9-22(4)17-11-16(19-13(3)20-17)21-14-8-7-12(2)15(18)10-14/h7-8,10-11H,5-6,9H2,1-4H3,(H,19,20,21). The summed E-state index contributed by atoms with van der Waals surface area (Å²) in [5.74, 6) is 2.55. The van der Waals surface area contributed by atoms with Gasteiger partial charge in [0.1, 0.15) is 17.5 Å². The van der Waals surface area contributed by atoms with Crippen molar-refractivity contribution in [2.45, 2.75) is 33.6 Å². The molecule has 0 amide bonds. The van der Waals surface area contributed by atoms with Crippen molar-refractivity contribution < 1.29 is 0 Å². The molecule has 0 saturated heterocycles. The Morgan fingerprint density at radius 1 is 1.18 bits per heavy atom. The molecular weight excluding hydrogens is 340 g/mol. The lowest BCUT2D eigenvalue weighted by molar-refractivity contribution is 0.756. The second kappa shape index (κ2) is 7.58. The van der Waals surface area contributed by atoms with E-state index in [0.29, 0.717) is 0 Å². The molecular formula is C17H23BrN4. The van der Waals surface area contributed by atoms with E-state index >= 15 is 0 Å². The maximum absolute atomic E-state index is 4.53. The van der Waals surface area contributed by atoms with Gasteiger partial charge in [0.2, 0.25) is 0 Å². The summed E-state index contributed by atoms with van der Waals surface area (Å²) in [5, 5.41) is 3.36. The first-order valence-electron chi connectivity index (χ1n) is 7.59. The number of aryl methyl sites for hydroxylation is 2. The number of nitrogens with one attached hydrogen (secondary N) is 1. The van der Waals surface area contributed by atoms with Gasteiger partial charge in [-0.05, 0) is 38.0 Å². The summed E-state index contributed by atoms with van der Waals surface area (Å²) in [6.07, 6.45) is 2.34. The summed E-state index contributed by atoms with van der Waals surface area (Å²) >= 11 is 3.56. The highest BCUT2D eigenvalue weighted by molar-refractivity contribution is 9.10. The first-order valence-corrected chi connectivity index (χ1v) is 8.39. The molecule has 0 aliphatic rings. The normalized spacial score (nSPS) is 10.6. The van der Waals surface area contributed by atoms with Gasteiger partial charge in [-0.2, -0.15) is 0 Å². The Hall–Kier alpha value is -1.62. The van der Waals surface area contributed by atoms with Crippen molar-refractivity contribution in [1.29, 1.82) is 0 Å². The van der Waals surface area contributed by atoms with Gasteiger partial charge in [0.05, 0.1) is 0 Å². The SMILES string of the molecule is CCCCN(C)c1cc(Nc2ccc(C)c(Br)c2)nc(C)n1. The second-order valence-corrected chi connectivity index (χ2v) is 6.38. The molecule has 0 unspecified atom stereocenters. The van der Waals surface area contributed by atoms with E-state index in [2.05, 4.69) is 75.2 Å². The molecule has 1 aromatic heterocycles. The lowest BCUT2D eigenvalue weighted by atomic mass is 10.2. The molecule has 0 saturated carbocycles. The lowest BCUT2D eigenvalue weighted by Gasteiger charge is -2.19. The van der Waals surface area contributed by atoms with E-state index < -0.39 is 0 Å². The molecule has 1 heterocycles. The van der Waals surface area contributed by atoms with E-state index in [1.54, 1.807) is 0 Å². The monoisotopic (exact) mass is 362 g/mol. The largest absolute Gasteiger partial charge is 0.360 e. The second-order valence-electron chi connectivity index (χ2n) is 5.52. The molecule has 22 heavy (non-hydrogen) atoms. The molecule has 0 aliphatic heterocycles. The van der Waals surface area contributed by atoms with Gasteiger partial charge in [0.15, 0.2) is 0 Å². The Morgan fingerprint density at radius 2 is 1.95 bits per heavy atom. The van der Waals surface area contributed by atoms with Gasteiger partial charge in [-0.1, -0.05) is 35.3 Å². The summed E-state index contributed by atoms with van der Waals surface area (Å²) in [6, 6.07) is 8.19. The molecule has 1 N–H and O–H groups in total. The summed E-state index contributed by atoms with van der Waals surface area (Å²) in [5.41, 5.74) is 2.22. The Labute approximate surface area is 141 Å². The van der Waals surface area contributed by atoms with Crippen LogP contribution < -0.4 is 10.2 Å². The topological polar surface area (TPSA) is 41.0 Å². The van der Waals surface area contributed by atoms with Crippen LogP contribution in [0.25, 0.3) is 0 Å². The smallest absolute Gasteiger partial charge is 0.136 e. The predicted octanol–water partition coefficient (Wildman–Crippen LogP) is 4.84. The predicted molar refractivity (Wildman–Crippen MR) is 97.1 cm³/mol. The van der Waals surface area contributed by atoms with Crippen LogP contribution in [0.4, 0.5) is 17.3 Å². The molecule has 2 rings (SSSR count). The molecule has 0 fully saturated rings. The zero-order valence-electron chi connectivity index (χ0n) is 13.7. The average Bonchev–Trinajstić information content (AvgIpc) is 2.48. The number of nitrogens with zero attached hydrogens (tertiary/aromatic N) is 3. The zero-order valence-corrected chi connectivity index (χ0v) is 15.2. The summed E-state index contributed by atoms with van der Waals surface area (Å²) in [4.78, 5) is 11.2. The van der Waals surface area contributed by atoms with E-state index in [9.17, 15) is 0 Å². The minimum atomic E-state index is 0.773. The van der Waals surface area contributed by atoms with Crippen molar-refractivity contribution in [2.75, 3.05) is 23.8 Å². The molecule has 1 aromatic carbocycles. The number of halogens is 1. The third-order valence-electron chi connectivity index (χ3n) is 3.51. The Kier molecular flexibility index (Phi) is 5.77. The van der Waals surface area contributed by atoms with Crippen LogP contribution in [0.1, 0.15) is 31.2 Å². The van der Waals surface area contributed by atoms with Crippen LogP contribution >= 0.6 is 15.9 Å². The van der Waals surface area contributed by atoms with E-state index in [1.165, 1.54) is 12.0 Å². The first-order chi connectivity index (χ1) is 10.5. The van der Waals surface area contributed by atoms with Crippen LogP contribution in [0.5, 0.6) is 0 Å². The minimum Gasteiger partial charge on any atom is -0.360 e. The minimum absolute atomic E-state index is 0.773. The van der Waals surface area contributed by atoms with E-state index in [1.807, 2.05) is 13.0 Å². The Morgan fingerprint density at radius 3 is 2.64 bits per heavy atom. The van der Waals surface area contributed by atoms with Gasteiger partial charge in [0, 0.05) is 29.8 Å². The number of benzene rings is 1. The van der Waals surface area contributed by atoms with Crippen molar-refractivity contribution in [3.05, 3.63) is 40.1 Å². The molecule has 0 bridgehead atoms. The Balaban J connectivity index is 2.20. The highest BCUT2D eigenvalue weighted by atomic mass is 79.9. The first kappa shape index (κ1) is 16.7. The number of hydrogen-bond acceptors (Lipinski definition) is 4. The van der Waals surface area contributed by atoms with Crippen LogP contribution in [-0.4, -0.2) is 23.6 Å². The molecule has 0 aliphatic carbocycles. The van der Waals surface area contributed by atoms with Crippen molar-refractivity contribution in [2.24, 2.45) is 0 Å². The van der Waals surface area contributed by atoms with Crippen LogP contribution in [0.15, 0.2) is 28.7 Å². The van der Waals surface area contributed by atoms with Crippen LogP contribution in [0.2, 0.25) is 0 Å². The molecule has 2 aromatic rings. The number of anilines is 3. The highest BCUT2D eigenvalue weighted by Crippen LogP contribution is 2.24. The Bertz CT molecular complexity index is 643. The third-order valence-corrected chi connectivity index (χ3v) is 4.36. The van der Waals surface area contributed by atoms with Crippen molar-refractivity contribution in [3.8, 4) is 0 Å². The van der Waals surface area contributed by atoms with E-state index in [0.717, 1.165) is 40.6 Å². The maximum atomic E-state index is 4.53. The van der Waals surface area contributed by atoms with Gasteiger partial charge < -0.3 is 10.2 Å². The number of aromatic nitrogens is 2. The van der Waals surface area contributed by atoms with E-state index in [4.69, 9.17) is 0 Å². The van der Waals surface area contributed by atoms with Gasteiger partial charge in [-0.3, -0.25) is 0 Å². The van der Waals surface area contributed by atoms with Gasteiger partial charge in [0.25, 0.3) is 0 Å². The van der Waals surface area contributed by atoms with Crippen molar-refractivity contribution >= 4 is 33.3 Å². The average molecular weight is 363 g/mol. The molecule has 5 heteroatoms. The quantitative estimate of drug-likeness (QED) is 0.798. The fourth-order valence-corrected chi connectivity index (χ4v) is 2.52. The fraction of sp³-hybridized carbons (Fsp3) is 0.412. The molecule has 118 valence electrons. The third kappa shape index (κ3) is 4.44. The summed E-state index contributed by atoms with van der Waals surface area (Å²) in [6.45, 7) is 7.20. The molecule has 0 radical (unpaired) electrons. The zero-order chi connectivity index (χ0) is 16.1. The van der Waals surface area contributed by atoms with Crippen LogP contribution in [0.3, 0.4) is 0 Å². The molecule has 0 spiro atoms. The van der Waals surface area contributed by atoms with Gasteiger partial charge in [-0.25, -0.2) is 9.97 Å². The molecule has 0 atom stereocenters. The number of hydrogen-bond donors (Lipinski definition) is 1. The fourth-order valence-electron chi connectivity index (χ4n) is 2.14. The summed E-state index contributed by atoms with van der Waals surface area (Å²) in [7, 11) is 2.07. The summed E-state index contributed by atoms with van der Waals surface area (Å²) < 4.78 is 1.09. The maximum Gasteiger partial charge on any atom is 0.136 e. The van der Waals surface area contributed by atoms with Crippen LogP contribution in [0, 0.1) is 13.8 Å². The number of unbranched alkanes of at least 4 members (excludes halogenated alkanes) is 1. The van der Waals surface area contributed by atoms with Crippen molar-refractivity contribution in [1.82, 2.24) is 9.97 Å². The van der Waals surface area contributed by atoms with Gasteiger partial charge >= 0.3 is 0 Å². The van der Waals surface area contributed by atoms with Crippen LogP contribution in [-0.2, 0) is 0 Å². The highest BCUT2D eigenvalue weighted by Gasteiger charge is 2.07. The van der Waals surface area contributed by atoms with E-state index in [-0.39, 0.29) is 0 Å².